The predicted molar refractivity (Wildman–Crippen MR) is 30.4 cm³/mol. The summed E-state index contributed by atoms with van der Waals surface area (Å²) >= 11 is 0. The maximum Gasteiger partial charge on any atom is 0.180 e. The lowest BCUT2D eigenvalue weighted by Crippen LogP contribution is -1.70. The van der Waals surface area contributed by atoms with Gasteiger partial charge in [0, 0.05) is 6.42 Å². The predicted octanol–water partition coefficient (Wildman–Crippen LogP) is 1.40. The molecule has 2 nitrogen and oxygen atoms in total. The highest BCUT2D eigenvalue weighted by Gasteiger charge is 1.87. The van der Waals surface area contributed by atoms with Gasteiger partial charge in [0.2, 0.25) is 0 Å². The van der Waals surface area contributed by atoms with Gasteiger partial charge in [0.1, 0.15) is 5.76 Å². The van der Waals surface area contributed by atoms with E-state index in [1.165, 1.54) is 6.39 Å². The van der Waals surface area contributed by atoms with Crippen LogP contribution in [0.3, 0.4) is 0 Å². The average Bonchev–Trinajstić information content (AvgIpc) is 2.19. The zero-order valence-corrected chi connectivity index (χ0v) is 4.50. The van der Waals surface area contributed by atoms with Gasteiger partial charge in [-0.1, -0.05) is 6.08 Å². The van der Waals surface area contributed by atoms with Gasteiger partial charge in [-0.25, -0.2) is 4.98 Å². The number of allylic oxidation sites excluding steroid dienone is 1. The summed E-state index contributed by atoms with van der Waals surface area (Å²) in [6, 6.07) is 0. The minimum atomic E-state index is 0.764. The largest absolute Gasteiger partial charge is 0.448 e. The molecule has 0 aliphatic carbocycles. The van der Waals surface area contributed by atoms with E-state index in [1.54, 1.807) is 12.3 Å². The molecule has 0 saturated heterocycles. The minimum Gasteiger partial charge on any atom is -0.448 e. The molecule has 0 unspecified atom stereocenters. The van der Waals surface area contributed by atoms with Crippen LogP contribution in [0.15, 0.2) is 29.7 Å². The van der Waals surface area contributed by atoms with Crippen LogP contribution in [0.5, 0.6) is 0 Å². The molecule has 0 aliphatic rings. The standard InChI is InChI=1S/C6H7NO/c1-2-3-6-4-7-5-8-6/h2,4-5H,1,3H2. The Morgan fingerprint density at radius 3 is 3.25 bits per heavy atom. The van der Waals surface area contributed by atoms with E-state index in [4.69, 9.17) is 4.42 Å². The van der Waals surface area contributed by atoms with Crippen molar-refractivity contribution >= 4 is 0 Å². The number of hydrogen-bond donors (Lipinski definition) is 0. The van der Waals surface area contributed by atoms with Crippen LogP contribution in [0, 0.1) is 0 Å². The quantitative estimate of drug-likeness (QED) is 0.536. The van der Waals surface area contributed by atoms with Crippen molar-refractivity contribution in [2.45, 2.75) is 6.42 Å². The van der Waals surface area contributed by atoms with Gasteiger partial charge in [-0.2, -0.15) is 0 Å². The number of oxazole rings is 1. The molecule has 42 valence electrons. The first kappa shape index (κ1) is 5.09. The lowest BCUT2D eigenvalue weighted by atomic mass is 10.4. The fourth-order valence-corrected chi connectivity index (χ4v) is 0.485. The van der Waals surface area contributed by atoms with Gasteiger partial charge in [0.05, 0.1) is 6.20 Å². The number of rotatable bonds is 2. The zero-order valence-electron chi connectivity index (χ0n) is 4.50. The molecule has 1 aromatic rings. The lowest BCUT2D eigenvalue weighted by molar-refractivity contribution is 0.516. The lowest BCUT2D eigenvalue weighted by Gasteiger charge is -1.79. The topological polar surface area (TPSA) is 26.0 Å². The number of hydrogen-bond acceptors (Lipinski definition) is 2. The van der Waals surface area contributed by atoms with Gasteiger partial charge in [0.25, 0.3) is 0 Å². The second-order valence-electron chi connectivity index (χ2n) is 1.46. The summed E-state index contributed by atoms with van der Waals surface area (Å²) in [6.07, 6.45) is 5.64. The summed E-state index contributed by atoms with van der Waals surface area (Å²) in [5.74, 6) is 0.861. The van der Waals surface area contributed by atoms with Crippen LogP contribution in [0.25, 0.3) is 0 Å². The van der Waals surface area contributed by atoms with E-state index in [2.05, 4.69) is 11.6 Å². The van der Waals surface area contributed by atoms with Crippen LogP contribution >= 0.6 is 0 Å². The van der Waals surface area contributed by atoms with Gasteiger partial charge >= 0.3 is 0 Å². The second-order valence-corrected chi connectivity index (χ2v) is 1.46. The highest BCUT2D eigenvalue weighted by molar-refractivity contribution is 4.94. The van der Waals surface area contributed by atoms with Crippen molar-refractivity contribution in [1.82, 2.24) is 4.98 Å². The maximum atomic E-state index is 4.89. The fraction of sp³-hybridized carbons (Fsp3) is 0.167. The van der Waals surface area contributed by atoms with E-state index in [0.29, 0.717) is 0 Å². The van der Waals surface area contributed by atoms with Crippen molar-refractivity contribution < 1.29 is 4.42 Å². The molecular weight excluding hydrogens is 102 g/mol. The van der Waals surface area contributed by atoms with Crippen molar-refractivity contribution in [1.29, 1.82) is 0 Å². The van der Waals surface area contributed by atoms with Gasteiger partial charge < -0.3 is 4.42 Å². The SMILES string of the molecule is C=CCc1cnco1. The highest BCUT2D eigenvalue weighted by atomic mass is 16.3. The summed E-state index contributed by atoms with van der Waals surface area (Å²) in [7, 11) is 0. The molecule has 1 heterocycles. The Labute approximate surface area is 47.9 Å². The fourth-order valence-electron chi connectivity index (χ4n) is 0.485. The maximum absolute atomic E-state index is 4.89. The van der Waals surface area contributed by atoms with Crippen molar-refractivity contribution in [3.05, 3.63) is 31.0 Å². The van der Waals surface area contributed by atoms with E-state index >= 15 is 0 Å². The van der Waals surface area contributed by atoms with Crippen molar-refractivity contribution in [2.24, 2.45) is 0 Å². The molecule has 2 heteroatoms. The molecule has 0 aromatic carbocycles. The molecule has 8 heavy (non-hydrogen) atoms. The molecule has 0 aliphatic heterocycles. The van der Waals surface area contributed by atoms with Crippen molar-refractivity contribution in [2.75, 3.05) is 0 Å². The van der Waals surface area contributed by atoms with Gasteiger partial charge in [-0.05, 0) is 0 Å². The van der Waals surface area contributed by atoms with E-state index in [0.717, 1.165) is 12.2 Å². The Kier molecular flexibility index (Phi) is 1.47. The molecule has 1 aromatic heterocycles. The Bertz CT molecular complexity index is 155. The second kappa shape index (κ2) is 2.31. The van der Waals surface area contributed by atoms with E-state index in [-0.39, 0.29) is 0 Å². The molecule has 0 spiro atoms. The molecule has 0 radical (unpaired) electrons. The van der Waals surface area contributed by atoms with Crippen LogP contribution in [0.2, 0.25) is 0 Å². The van der Waals surface area contributed by atoms with Gasteiger partial charge in [-0.3, -0.25) is 0 Å². The zero-order chi connectivity index (χ0) is 5.82. The van der Waals surface area contributed by atoms with Crippen molar-refractivity contribution in [3.63, 3.8) is 0 Å². The van der Waals surface area contributed by atoms with E-state index in [9.17, 15) is 0 Å². The molecule has 0 bridgehead atoms. The van der Waals surface area contributed by atoms with Gasteiger partial charge in [0.15, 0.2) is 6.39 Å². The van der Waals surface area contributed by atoms with Crippen molar-refractivity contribution in [3.8, 4) is 0 Å². The Hall–Kier alpha value is -1.05. The number of nitrogens with zero attached hydrogens (tertiary/aromatic N) is 1. The van der Waals surface area contributed by atoms with Crippen LogP contribution < -0.4 is 0 Å². The van der Waals surface area contributed by atoms with Crippen LogP contribution in [-0.4, -0.2) is 4.98 Å². The van der Waals surface area contributed by atoms with E-state index < -0.39 is 0 Å². The first-order valence-corrected chi connectivity index (χ1v) is 2.41. The molecule has 1 rings (SSSR count). The third-order valence-electron chi connectivity index (χ3n) is 0.829. The smallest absolute Gasteiger partial charge is 0.180 e. The summed E-state index contributed by atoms with van der Waals surface area (Å²) in [5.41, 5.74) is 0. The Balaban J connectivity index is 2.62. The highest BCUT2D eigenvalue weighted by Crippen LogP contribution is 1.96. The Morgan fingerprint density at radius 1 is 1.88 bits per heavy atom. The van der Waals surface area contributed by atoms with Crippen LogP contribution in [0.4, 0.5) is 0 Å². The molecule has 0 fully saturated rings. The van der Waals surface area contributed by atoms with Crippen LogP contribution in [-0.2, 0) is 6.42 Å². The third kappa shape index (κ3) is 0.964. The number of aromatic nitrogens is 1. The molecule has 0 N–H and O–H groups in total. The third-order valence-corrected chi connectivity index (χ3v) is 0.829. The van der Waals surface area contributed by atoms with Crippen LogP contribution in [0.1, 0.15) is 5.76 Å². The first-order valence-electron chi connectivity index (χ1n) is 2.41. The summed E-state index contributed by atoms with van der Waals surface area (Å²) < 4.78 is 4.89. The monoisotopic (exact) mass is 109 g/mol. The Morgan fingerprint density at radius 2 is 2.75 bits per heavy atom. The molecular formula is C6H7NO. The van der Waals surface area contributed by atoms with E-state index in [1.807, 2.05) is 0 Å². The molecule has 0 atom stereocenters. The summed E-state index contributed by atoms with van der Waals surface area (Å²) in [5, 5.41) is 0. The summed E-state index contributed by atoms with van der Waals surface area (Å²) in [6.45, 7) is 3.55. The average molecular weight is 109 g/mol. The first-order chi connectivity index (χ1) is 3.93. The normalized spacial score (nSPS) is 9.00. The minimum absolute atomic E-state index is 0.764. The molecule has 0 saturated carbocycles. The molecule has 0 amide bonds. The van der Waals surface area contributed by atoms with Gasteiger partial charge in [-0.15, -0.1) is 6.58 Å². The summed E-state index contributed by atoms with van der Waals surface area (Å²) in [4.78, 5) is 3.73.